The highest BCUT2D eigenvalue weighted by atomic mass is 35.5. The Labute approximate surface area is 193 Å². The van der Waals surface area contributed by atoms with Crippen LogP contribution in [-0.4, -0.2) is 34.5 Å². The van der Waals surface area contributed by atoms with Gasteiger partial charge in [0.1, 0.15) is 0 Å². The van der Waals surface area contributed by atoms with Gasteiger partial charge in [0, 0.05) is 37.9 Å². The summed E-state index contributed by atoms with van der Waals surface area (Å²) >= 11 is 24.4. The molecule has 2 saturated heterocycles. The Morgan fingerprint density at radius 1 is 0.900 bits per heavy atom. The molecule has 0 aromatic heterocycles. The number of nitrogens with zero attached hydrogens (tertiary/aromatic N) is 1. The van der Waals surface area contributed by atoms with Crippen LogP contribution in [0.2, 0.25) is 20.1 Å². The van der Waals surface area contributed by atoms with Crippen molar-refractivity contribution in [1.82, 2.24) is 4.90 Å². The molecule has 4 atom stereocenters. The van der Waals surface area contributed by atoms with E-state index in [2.05, 4.69) is 10.2 Å². The summed E-state index contributed by atoms with van der Waals surface area (Å²) in [5.41, 5.74) is 1.13. The maximum Gasteiger partial charge on any atom is 0.309 e. The molecule has 2 heterocycles. The van der Waals surface area contributed by atoms with E-state index in [1.807, 2.05) is 0 Å². The van der Waals surface area contributed by atoms with Crippen molar-refractivity contribution < 1.29 is 14.7 Å². The number of nitrogens with one attached hydrogen (secondary N) is 1. The van der Waals surface area contributed by atoms with Crippen LogP contribution in [0.25, 0.3) is 0 Å². The number of fused-ring (bicyclic) bond motifs is 1. The molecular weight excluding hydrogens is 470 g/mol. The first-order chi connectivity index (χ1) is 14.2. The molecule has 2 aromatic carbocycles. The van der Waals surface area contributed by atoms with Crippen molar-refractivity contribution in [3.63, 3.8) is 0 Å². The Kier molecular flexibility index (Phi) is 6.20. The molecule has 158 valence electrons. The number of aliphatic carboxylic acids is 1. The average Bonchev–Trinajstić information content (AvgIpc) is 3.19. The number of carboxylic acids is 1. The monoisotopic (exact) mass is 486 g/mol. The summed E-state index contributed by atoms with van der Waals surface area (Å²) in [5.74, 6) is -3.09. The molecule has 0 bridgehead atoms. The molecule has 2 aliphatic rings. The summed E-state index contributed by atoms with van der Waals surface area (Å²) in [5, 5.41) is 14.5. The van der Waals surface area contributed by atoms with Crippen molar-refractivity contribution in [2.75, 3.05) is 11.9 Å². The molecule has 4 rings (SSSR count). The number of carbonyl (C=O) groups excluding carboxylic acids is 1. The van der Waals surface area contributed by atoms with Crippen LogP contribution in [0, 0.1) is 11.8 Å². The second-order valence-electron chi connectivity index (χ2n) is 7.63. The van der Waals surface area contributed by atoms with Crippen molar-refractivity contribution in [3.05, 3.63) is 62.1 Å². The zero-order chi connectivity index (χ0) is 21.6. The van der Waals surface area contributed by atoms with Crippen molar-refractivity contribution >= 4 is 64.0 Å². The predicted molar refractivity (Wildman–Crippen MR) is 119 cm³/mol. The predicted octanol–water partition coefficient (Wildman–Crippen LogP) is 5.78. The smallest absolute Gasteiger partial charge is 0.309 e. The molecule has 2 N–H and O–H groups in total. The van der Waals surface area contributed by atoms with Crippen LogP contribution in [0.1, 0.15) is 24.4 Å². The summed E-state index contributed by atoms with van der Waals surface area (Å²) in [6, 6.07) is 9.08. The number of benzene rings is 2. The molecular formula is C21H18Cl4N2O3. The SMILES string of the molecule is O=C(Nc1cc(Cl)cc(Cl)c1)C1C(C(=O)O)C(c2cc(Cl)cc(Cl)c2)N2CCCC12. The average molecular weight is 488 g/mol. The molecule has 0 aliphatic carbocycles. The lowest BCUT2D eigenvalue weighted by atomic mass is 9.82. The molecule has 0 radical (unpaired) electrons. The minimum absolute atomic E-state index is 0.191. The van der Waals surface area contributed by atoms with Crippen LogP contribution in [-0.2, 0) is 9.59 Å². The Morgan fingerprint density at radius 3 is 2.03 bits per heavy atom. The van der Waals surface area contributed by atoms with E-state index in [4.69, 9.17) is 46.4 Å². The molecule has 4 unspecified atom stereocenters. The lowest BCUT2D eigenvalue weighted by Crippen LogP contribution is -2.37. The molecule has 30 heavy (non-hydrogen) atoms. The fraction of sp³-hybridized carbons (Fsp3) is 0.333. The largest absolute Gasteiger partial charge is 0.481 e. The van der Waals surface area contributed by atoms with Gasteiger partial charge < -0.3 is 10.4 Å². The standard InChI is InChI=1S/C21H18Cl4N2O3/c22-11-4-10(5-12(23)6-11)19-18(21(29)30)17(16-2-1-3-27(16)19)20(28)26-15-8-13(24)7-14(25)9-15/h4-9,16-19H,1-3H2,(H,26,28)(H,29,30). The summed E-state index contributed by atoms with van der Waals surface area (Å²) in [6.07, 6.45) is 1.62. The second kappa shape index (κ2) is 8.56. The van der Waals surface area contributed by atoms with Crippen LogP contribution < -0.4 is 5.32 Å². The van der Waals surface area contributed by atoms with E-state index in [1.165, 1.54) is 0 Å². The Balaban J connectivity index is 1.71. The maximum atomic E-state index is 13.3. The number of carboxylic acid groups (broad SMARTS) is 1. The maximum absolute atomic E-state index is 13.3. The van der Waals surface area contributed by atoms with E-state index >= 15 is 0 Å². The number of amides is 1. The lowest BCUT2D eigenvalue weighted by molar-refractivity contribution is -0.146. The minimum atomic E-state index is -1.03. The van der Waals surface area contributed by atoms with Crippen LogP contribution in [0.5, 0.6) is 0 Å². The van der Waals surface area contributed by atoms with Gasteiger partial charge in [-0.15, -0.1) is 0 Å². The van der Waals surface area contributed by atoms with E-state index in [1.54, 1.807) is 36.4 Å². The molecule has 2 aliphatic heterocycles. The van der Waals surface area contributed by atoms with Crippen LogP contribution in [0.4, 0.5) is 5.69 Å². The van der Waals surface area contributed by atoms with Gasteiger partial charge in [-0.25, -0.2) is 0 Å². The van der Waals surface area contributed by atoms with Gasteiger partial charge in [-0.3, -0.25) is 14.5 Å². The molecule has 0 saturated carbocycles. The Morgan fingerprint density at radius 2 is 1.47 bits per heavy atom. The van der Waals surface area contributed by atoms with E-state index in [0.29, 0.717) is 37.9 Å². The topological polar surface area (TPSA) is 69.6 Å². The van der Waals surface area contributed by atoms with Gasteiger partial charge in [0.15, 0.2) is 0 Å². The fourth-order valence-corrected chi connectivity index (χ4v) is 5.88. The van der Waals surface area contributed by atoms with Gasteiger partial charge in [0.05, 0.1) is 11.8 Å². The normalized spacial score (nSPS) is 25.9. The first-order valence-corrected chi connectivity index (χ1v) is 11.0. The van der Waals surface area contributed by atoms with Gasteiger partial charge in [0.2, 0.25) is 5.91 Å². The van der Waals surface area contributed by atoms with E-state index < -0.39 is 23.8 Å². The van der Waals surface area contributed by atoms with Gasteiger partial charge >= 0.3 is 5.97 Å². The Hall–Kier alpha value is -1.50. The van der Waals surface area contributed by atoms with Crippen LogP contribution >= 0.6 is 46.4 Å². The second-order valence-corrected chi connectivity index (χ2v) is 9.38. The third-order valence-corrected chi connectivity index (χ3v) is 6.66. The highest BCUT2D eigenvalue weighted by Gasteiger charge is 2.57. The van der Waals surface area contributed by atoms with Crippen molar-refractivity contribution in [2.45, 2.75) is 24.9 Å². The molecule has 0 spiro atoms. The van der Waals surface area contributed by atoms with E-state index in [9.17, 15) is 14.7 Å². The molecule has 5 nitrogen and oxygen atoms in total. The van der Waals surface area contributed by atoms with E-state index in [0.717, 1.165) is 12.8 Å². The molecule has 1 amide bonds. The highest BCUT2D eigenvalue weighted by Crippen LogP contribution is 2.50. The summed E-state index contributed by atoms with van der Waals surface area (Å²) in [7, 11) is 0. The third kappa shape index (κ3) is 4.14. The number of rotatable bonds is 4. The molecule has 2 fully saturated rings. The van der Waals surface area contributed by atoms with Gasteiger partial charge in [0.25, 0.3) is 0 Å². The van der Waals surface area contributed by atoms with Gasteiger partial charge in [-0.1, -0.05) is 46.4 Å². The number of hydrogen-bond acceptors (Lipinski definition) is 3. The molecule has 2 aromatic rings. The minimum Gasteiger partial charge on any atom is -0.481 e. The van der Waals surface area contributed by atoms with Crippen molar-refractivity contribution in [1.29, 1.82) is 0 Å². The molecule has 9 heteroatoms. The zero-order valence-corrected chi connectivity index (χ0v) is 18.6. The summed E-state index contributed by atoms with van der Waals surface area (Å²) in [4.78, 5) is 27.7. The number of halogens is 4. The third-order valence-electron chi connectivity index (χ3n) is 5.79. The van der Waals surface area contributed by atoms with Crippen LogP contribution in [0.3, 0.4) is 0 Å². The van der Waals surface area contributed by atoms with Gasteiger partial charge in [-0.05, 0) is 61.3 Å². The fourth-order valence-electron chi connectivity index (χ4n) is 4.81. The Bertz CT molecular complexity index is 975. The number of hydrogen-bond donors (Lipinski definition) is 2. The quantitative estimate of drug-likeness (QED) is 0.573. The number of carbonyl (C=O) groups is 2. The first-order valence-electron chi connectivity index (χ1n) is 9.46. The van der Waals surface area contributed by atoms with Crippen molar-refractivity contribution in [2.24, 2.45) is 11.8 Å². The zero-order valence-electron chi connectivity index (χ0n) is 15.6. The summed E-state index contributed by atoms with van der Waals surface area (Å²) in [6.45, 7) is 0.704. The first kappa shape index (κ1) is 21.7. The van der Waals surface area contributed by atoms with E-state index in [-0.39, 0.29) is 11.9 Å². The lowest BCUT2D eigenvalue weighted by Gasteiger charge is -2.26. The van der Waals surface area contributed by atoms with Gasteiger partial charge in [-0.2, -0.15) is 0 Å². The van der Waals surface area contributed by atoms with Crippen molar-refractivity contribution in [3.8, 4) is 0 Å². The number of anilines is 1. The highest BCUT2D eigenvalue weighted by molar-refractivity contribution is 6.35. The van der Waals surface area contributed by atoms with Crippen LogP contribution in [0.15, 0.2) is 36.4 Å². The summed E-state index contributed by atoms with van der Waals surface area (Å²) < 4.78 is 0.